The molecular weight excluding hydrogens is 408 g/mol. The van der Waals surface area contributed by atoms with E-state index in [1.54, 1.807) is 6.08 Å². The van der Waals surface area contributed by atoms with Crippen LogP contribution in [-0.4, -0.2) is 0 Å². The van der Waals surface area contributed by atoms with Crippen molar-refractivity contribution in [1.29, 1.82) is 0 Å². The molecule has 0 saturated heterocycles. The van der Waals surface area contributed by atoms with Crippen LogP contribution in [-0.2, 0) is 5.41 Å². The topological polar surface area (TPSA) is 0 Å². The molecule has 0 unspecified atom stereocenters. The van der Waals surface area contributed by atoms with Gasteiger partial charge in [0.05, 0.1) is 5.41 Å². The van der Waals surface area contributed by atoms with Crippen molar-refractivity contribution < 1.29 is 0 Å². The van der Waals surface area contributed by atoms with E-state index in [2.05, 4.69) is 87.3 Å². The fourth-order valence-electron chi connectivity index (χ4n) is 3.87. The molecule has 1 aliphatic carbocycles. The van der Waals surface area contributed by atoms with Crippen LogP contribution in [0.1, 0.15) is 73.4 Å². The summed E-state index contributed by atoms with van der Waals surface area (Å²) in [6.45, 7) is 30.4. The molecule has 1 aliphatic rings. The average Bonchev–Trinajstić information content (AvgIpc) is 3.23. The third kappa shape index (κ3) is 7.19. The predicted octanol–water partition coefficient (Wildman–Crippen LogP) is 11.0. The van der Waals surface area contributed by atoms with E-state index < -0.39 is 5.41 Å². The highest BCUT2D eigenvalue weighted by Crippen LogP contribution is 2.56. The Morgan fingerprint density at radius 3 is 1.44 bits per heavy atom. The molecule has 0 amide bonds. The van der Waals surface area contributed by atoms with Crippen molar-refractivity contribution in [3.8, 4) is 11.1 Å². The van der Waals surface area contributed by atoms with Crippen LogP contribution in [0, 0.1) is 0 Å². The Morgan fingerprint density at radius 1 is 0.706 bits per heavy atom. The molecule has 0 heterocycles. The lowest BCUT2D eigenvalue weighted by Crippen LogP contribution is -2.28. The van der Waals surface area contributed by atoms with Crippen molar-refractivity contribution in [2.24, 2.45) is 0 Å². The standard InChI is InChI=1S/C24H22.C4H8.3C2H6/c1-5-8-13-18(4)24(19(6-2)7-3)22-16-11-9-14-20(22)21-15-10-12-17-23(21)24;1-3-4-2;3*1-2/h5-17H,1-2,4H2,3H3;3-4H,1-2H3;3*1-2H3/b13-8-,19-7+;4-3-;;;. The van der Waals surface area contributed by atoms with Crippen LogP contribution < -0.4 is 0 Å². The first-order valence-electron chi connectivity index (χ1n) is 12.7. The zero-order valence-electron chi connectivity index (χ0n) is 23.3. The summed E-state index contributed by atoms with van der Waals surface area (Å²) in [5, 5.41) is 0. The van der Waals surface area contributed by atoms with E-state index in [1.807, 2.05) is 79.7 Å². The first-order chi connectivity index (χ1) is 16.6. The molecule has 0 heteroatoms. The van der Waals surface area contributed by atoms with Gasteiger partial charge in [0.2, 0.25) is 0 Å². The summed E-state index contributed by atoms with van der Waals surface area (Å²) in [7, 11) is 0. The van der Waals surface area contributed by atoms with Gasteiger partial charge < -0.3 is 0 Å². The van der Waals surface area contributed by atoms with E-state index in [4.69, 9.17) is 0 Å². The van der Waals surface area contributed by atoms with Crippen LogP contribution in [0.25, 0.3) is 11.1 Å². The lowest BCUT2D eigenvalue weighted by atomic mass is 9.67. The van der Waals surface area contributed by atoms with Gasteiger partial charge in [0.25, 0.3) is 0 Å². The highest BCUT2D eigenvalue weighted by molar-refractivity contribution is 5.86. The minimum absolute atomic E-state index is 0.400. The molecule has 2 aromatic rings. The van der Waals surface area contributed by atoms with Crippen LogP contribution in [0.4, 0.5) is 0 Å². The van der Waals surface area contributed by atoms with E-state index in [-0.39, 0.29) is 0 Å². The summed E-state index contributed by atoms with van der Waals surface area (Å²) in [4.78, 5) is 0. The van der Waals surface area contributed by atoms with Crippen molar-refractivity contribution in [3.63, 3.8) is 0 Å². The molecule has 3 rings (SSSR count). The Balaban J connectivity index is 0. The molecule has 0 N–H and O–H groups in total. The predicted molar refractivity (Wildman–Crippen MR) is 160 cm³/mol. The van der Waals surface area contributed by atoms with Gasteiger partial charge in [-0.05, 0) is 54.2 Å². The first-order valence-corrected chi connectivity index (χ1v) is 12.7. The molecular formula is C34H48. The summed E-state index contributed by atoms with van der Waals surface area (Å²) in [5.41, 5.74) is 6.83. The number of rotatable bonds is 5. The number of allylic oxidation sites excluding steroid dienone is 9. The van der Waals surface area contributed by atoms with Crippen molar-refractivity contribution in [3.05, 3.63) is 133 Å². The maximum absolute atomic E-state index is 4.44. The number of benzene rings is 2. The smallest absolute Gasteiger partial charge is 0.0704 e. The Bertz CT molecular complexity index is 898. The second-order valence-corrected chi connectivity index (χ2v) is 6.58. The molecule has 0 atom stereocenters. The van der Waals surface area contributed by atoms with Gasteiger partial charge in [-0.3, -0.25) is 0 Å². The average molecular weight is 457 g/mol. The van der Waals surface area contributed by atoms with Gasteiger partial charge in [-0.15, -0.1) is 0 Å². The summed E-state index contributed by atoms with van der Waals surface area (Å²) in [6.07, 6.45) is 13.9. The highest BCUT2D eigenvalue weighted by Gasteiger charge is 2.45. The summed E-state index contributed by atoms with van der Waals surface area (Å²) in [6, 6.07) is 17.2. The molecule has 184 valence electrons. The van der Waals surface area contributed by atoms with Crippen LogP contribution in [0.3, 0.4) is 0 Å². The van der Waals surface area contributed by atoms with Gasteiger partial charge in [0.1, 0.15) is 0 Å². The number of hydrogen-bond acceptors (Lipinski definition) is 0. The van der Waals surface area contributed by atoms with Crippen LogP contribution in [0.2, 0.25) is 0 Å². The Kier molecular flexibility index (Phi) is 18.8. The Hall–Kier alpha value is -3.12. The van der Waals surface area contributed by atoms with Crippen molar-refractivity contribution in [2.45, 2.75) is 67.7 Å². The van der Waals surface area contributed by atoms with Gasteiger partial charge in [-0.1, -0.05) is 152 Å². The van der Waals surface area contributed by atoms with E-state index in [0.29, 0.717) is 0 Å². The molecule has 0 nitrogen and oxygen atoms in total. The molecule has 0 aromatic heterocycles. The molecule has 0 radical (unpaired) electrons. The Morgan fingerprint density at radius 2 is 1.12 bits per heavy atom. The highest BCUT2D eigenvalue weighted by atomic mass is 14.5. The van der Waals surface area contributed by atoms with Crippen molar-refractivity contribution >= 4 is 0 Å². The summed E-state index contributed by atoms with van der Waals surface area (Å²) >= 11 is 0. The first kappa shape index (κ1) is 33.1. The maximum atomic E-state index is 4.44. The largest absolute Gasteiger partial charge is 0.0991 e. The third-order valence-corrected chi connectivity index (χ3v) is 5.16. The Labute approximate surface area is 211 Å². The monoisotopic (exact) mass is 456 g/mol. The number of hydrogen-bond donors (Lipinski definition) is 0. The maximum Gasteiger partial charge on any atom is 0.0704 e. The summed E-state index contributed by atoms with van der Waals surface area (Å²) in [5.74, 6) is 0. The molecule has 34 heavy (non-hydrogen) atoms. The fraction of sp³-hybridized carbons (Fsp3) is 0.294. The second kappa shape index (κ2) is 19.4. The molecule has 0 aliphatic heterocycles. The van der Waals surface area contributed by atoms with Crippen LogP contribution in [0.15, 0.2) is 122 Å². The van der Waals surface area contributed by atoms with E-state index in [9.17, 15) is 0 Å². The molecule has 2 aromatic carbocycles. The quantitative estimate of drug-likeness (QED) is 0.310. The zero-order valence-corrected chi connectivity index (χ0v) is 23.3. The van der Waals surface area contributed by atoms with Gasteiger partial charge in [-0.25, -0.2) is 0 Å². The molecule has 0 fully saturated rings. The van der Waals surface area contributed by atoms with Crippen LogP contribution >= 0.6 is 0 Å². The summed E-state index contributed by atoms with van der Waals surface area (Å²) < 4.78 is 0. The van der Waals surface area contributed by atoms with Crippen molar-refractivity contribution in [2.75, 3.05) is 0 Å². The lowest BCUT2D eigenvalue weighted by molar-refractivity contribution is 0.767. The number of fused-ring (bicyclic) bond motifs is 3. The lowest BCUT2D eigenvalue weighted by Gasteiger charge is -2.34. The van der Waals surface area contributed by atoms with E-state index >= 15 is 0 Å². The van der Waals surface area contributed by atoms with Gasteiger partial charge >= 0.3 is 0 Å². The second-order valence-electron chi connectivity index (χ2n) is 6.58. The van der Waals surface area contributed by atoms with E-state index in [0.717, 1.165) is 11.1 Å². The van der Waals surface area contributed by atoms with Gasteiger partial charge in [0, 0.05) is 0 Å². The molecule has 0 saturated carbocycles. The fourth-order valence-corrected chi connectivity index (χ4v) is 3.87. The minimum Gasteiger partial charge on any atom is -0.0991 e. The van der Waals surface area contributed by atoms with E-state index in [1.165, 1.54) is 22.3 Å². The van der Waals surface area contributed by atoms with Crippen LogP contribution in [0.5, 0.6) is 0 Å². The molecule has 0 spiro atoms. The zero-order chi connectivity index (χ0) is 26.6. The molecule has 0 bridgehead atoms. The van der Waals surface area contributed by atoms with Gasteiger partial charge in [-0.2, -0.15) is 0 Å². The SMILES string of the molecule is C/C=C\C.C=C/C=C\C(=C)C1(/C(C=C)=C/C)c2ccccc2-c2ccccc21.CC.CC.CC. The normalized spacial score (nSPS) is 12.2. The van der Waals surface area contributed by atoms with Crippen molar-refractivity contribution in [1.82, 2.24) is 0 Å². The van der Waals surface area contributed by atoms with Gasteiger partial charge in [0.15, 0.2) is 0 Å². The third-order valence-electron chi connectivity index (χ3n) is 5.16. The minimum atomic E-state index is -0.400.